The molecule has 59 heavy (non-hydrogen) atoms. The molecule has 3 aliphatic heterocycles. The highest BCUT2D eigenvalue weighted by molar-refractivity contribution is 7.89. The van der Waals surface area contributed by atoms with E-state index in [0.717, 1.165) is 16.6 Å². The molecule has 3 aromatic heterocycles. The topological polar surface area (TPSA) is 185 Å². The molecule has 3 aliphatic rings. The minimum absolute atomic E-state index is 0.0486. The van der Waals surface area contributed by atoms with Crippen molar-refractivity contribution in [3.05, 3.63) is 98.7 Å². The van der Waals surface area contributed by atoms with E-state index in [1.54, 1.807) is 6.92 Å². The van der Waals surface area contributed by atoms with Gasteiger partial charge in [0.2, 0.25) is 21.7 Å². The summed E-state index contributed by atoms with van der Waals surface area (Å²) in [5, 5.41) is 17.0. The van der Waals surface area contributed by atoms with Crippen molar-refractivity contribution in [1.82, 2.24) is 38.3 Å². The molecule has 5 aromatic rings. The smallest absolute Gasteiger partial charge is 0.416 e. The Morgan fingerprint density at radius 1 is 1.03 bits per heavy atom. The number of carbonyl (C=O) groups is 2. The molecule has 2 N–H and O–H groups in total. The van der Waals surface area contributed by atoms with Gasteiger partial charge in [0.25, 0.3) is 11.5 Å². The van der Waals surface area contributed by atoms with Crippen molar-refractivity contribution in [1.29, 1.82) is 0 Å². The van der Waals surface area contributed by atoms with Gasteiger partial charge < -0.3 is 29.5 Å². The summed E-state index contributed by atoms with van der Waals surface area (Å²) in [5.74, 6) is -1.50. The average molecular weight is 856 g/mol. The minimum Gasteiger partial charge on any atom is -0.505 e. The summed E-state index contributed by atoms with van der Waals surface area (Å²) in [4.78, 5) is 53.9. The van der Waals surface area contributed by atoms with Gasteiger partial charge in [-0.1, -0.05) is 11.6 Å². The van der Waals surface area contributed by atoms with Gasteiger partial charge in [0.1, 0.15) is 17.9 Å². The highest BCUT2D eigenvalue weighted by atomic mass is 35.5. The molecule has 6 heterocycles. The van der Waals surface area contributed by atoms with E-state index in [1.807, 2.05) is 11.9 Å². The van der Waals surface area contributed by atoms with E-state index in [0.29, 0.717) is 43.5 Å². The zero-order chi connectivity index (χ0) is 42.0. The van der Waals surface area contributed by atoms with Crippen LogP contribution >= 0.6 is 11.6 Å². The second kappa shape index (κ2) is 15.0. The van der Waals surface area contributed by atoms with Crippen LogP contribution in [0.25, 0.3) is 17.2 Å². The number of likely N-dealkylation sites (N-methyl/N-ethyl adjacent to an activating group) is 1. The van der Waals surface area contributed by atoms with Crippen molar-refractivity contribution >= 4 is 44.9 Å². The molecule has 1 atom stereocenters. The first-order valence-corrected chi connectivity index (χ1v) is 20.4. The summed E-state index contributed by atoms with van der Waals surface area (Å²) >= 11 is 6.16. The summed E-state index contributed by atoms with van der Waals surface area (Å²) < 4.78 is 77.2. The molecular weight excluding hydrogens is 819 g/mol. The van der Waals surface area contributed by atoms with E-state index in [-0.39, 0.29) is 70.1 Å². The lowest BCUT2D eigenvalue weighted by Gasteiger charge is -2.39. The summed E-state index contributed by atoms with van der Waals surface area (Å²) in [6.07, 6.45) is -3.74. The lowest BCUT2D eigenvalue weighted by Crippen LogP contribution is -2.47. The van der Waals surface area contributed by atoms with Crippen molar-refractivity contribution in [3.63, 3.8) is 0 Å². The number of fused-ring (bicyclic) bond motifs is 3. The molecule has 2 amide bonds. The number of nitrogens with zero attached hydrogens (tertiary/aromatic N) is 8. The molecule has 1 spiro atoms. The van der Waals surface area contributed by atoms with Crippen LogP contribution in [0.15, 0.2) is 70.5 Å². The Morgan fingerprint density at radius 2 is 1.73 bits per heavy atom. The van der Waals surface area contributed by atoms with Gasteiger partial charge in [-0.15, -0.1) is 5.10 Å². The van der Waals surface area contributed by atoms with Crippen LogP contribution in [0.1, 0.15) is 53.2 Å². The first-order valence-electron chi connectivity index (χ1n) is 18.6. The number of aromatic nitrogens is 5. The fourth-order valence-electron chi connectivity index (χ4n) is 7.89. The summed E-state index contributed by atoms with van der Waals surface area (Å²) in [5.41, 5.74) is -2.14. The molecule has 2 aromatic carbocycles. The lowest BCUT2D eigenvalue weighted by atomic mass is 9.85. The zero-order valence-electron chi connectivity index (χ0n) is 31.6. The number of carbonyl (C=O) groups excluding carboxylic acids is 2. The van der Waals surface area contributed by atoms with E-state index in [4.69, 9.17) is 16.3 Å². The second-order valence-electron chi connectivity index (χ2n) is 14.7. The monoisotopic (exact) mass is 855 g/mol. The maximum Gasteiger partial charge on any atom is 0.416 e. The van der Waals surface area contributed by atoms with Crippen molar-refractivity contribution in [3.8, 4) is 17.1 Å². The van der Waals surface area contributed by atoms with Crippen LogP contribution in [-0.2, 0) is 37.9 Å². The van der Waals surface area contributed by atoms with Crippen LogP contribution in [0.4, 0.5) is 18.9 Å². The molecule has 2 saturated heterocycles. The van der Waals surface area contributed by atoms with E-state index in [2.05, 4.69) is 20.4 Å². The van der Waals surface area contributed by atoms with Gasteiger partial charge in [0.15, 0.2) is 11.5 Å². The number of aromatic hydroxyl groups is 1. The SMILES string of the molecule is C[C@H]1OC2(CCN(C(=O)c3ncccc3O)CC2)c2c1n(CC(=O)Nc1ccc(C(F)(F)F)cc1Cl)c1nc(-c3ccc(S(=O)(=O)N4CCN(C)CC4)cc3)nn1c2=O. The second-order valence-corrected chi connectivity index (χ2v) is 17.0. The summed E-state index contributed by atoms with van der Waals surface area (Å²) in [6, 6.07) is 11.3. The Balaban J connectivity index is 1.16. The fourth-order valence-corrected chi connectivity index (χ4v) is 9.54. The third kappa shape index (κ3) is 7.32. The third-order valence-corrected chi connectivity index (χ3v) is 13.2. The van der Waals surface area contributed by atoms with Crippen LogP contribution in [0, 0.1) is 0 Å². The Bertz CT molecular complexity index is 2660. The number of amides is 2. The van der Waals surface area contributed by atoms with E-state index < -0.39 is 57.4 Å². The third-order valence-electron chi connectivity index (χ3n) is 11.0. The van der Waals surface area contributed by atoms with Gasteiger partial charge in [-0.25, -0.2) is 13.4 Å². The van der Waals surface area contributed by atoms with Gasteiger partial charge in [0, 0.05) is 51.0 Å². The maximum absolute atomic E-state index is 14.6. The number of pyridine rings is 1. The zero-order valence-corrected chi connectivity index (χ0v) is 33.2. The number of rotatable bonds is 7. The van der Waals surface area contributed by atoms with Crippen LogP contribution in [0.5, 0.6) is 5.75 Å². The first kappa shape index (κ1) is 40.4. The minimum atomic E-state index is -4.66. The van der Waals surface area contributed by atoms with Crippen LogP contribution in [0.2, 0.25) is 5.02 Å². The number of ether oxygens (including phenoxy) is 1. The fraction of sp³-hybridized carbons (Fsp3) is 0.368. The molecule has 2 fully saturated rings. The van der Waals surface area contributed by atoms with Gasteiger partial charge in [-0.05, 0) is 81.4 Å². The van der Waals surface area contributed by atoms with E-state index in [1.165, 1.54) is 56.4 Å². The predicted octanol–water partition coefficient (Wildman–Crippen LogP) is 4.13. The lowest BCUT2D eigenvalue weighted by molar-refractivity contribution is -0.137. The van der Waals surface area contributed by atoms with Crippen molar-refractivity contribution in [2.75, 3.05) is 51.6 Å². The molecule has 0 unspecified atom stereocenters. The highest BCUT2D eigenvalue weighted by Gasteiger charge is 2.51. The molecule has 0 bridgehead atoms. The number of sulfonamides is 1. The molecule has 0 radical (unpaired) electrons. The van der Waals surface area contributed by atoms with Gasteiger partial charge >= 0.3 is 6.18 Å². The summed E-state index contributed by atoms with van der Waals surface area (Å²) in [7, 11) is -1.87. The van der Waals surface area contributed by atoms with E-state index >= 15 is 0 Å². The number of alkyl halides is 3. The molecule has 310 valence electrons. The normalized spacial score (nSPS) is 18.7. The average Bonchev–Trinajstić information content (AvgIpc) is 3.77. The van der Waals surface area contributed by atoms with Gasteiger partial charge in [0.05, 0.1) is 38.5 Å². The quantitative estimate of drug-likeness (QED) is 0.240. The molecule has 0 aliphatic carbocycles. The number of benzene rings is 2. The van der Waals surface area contributed by atoms with Gasteiger partial charge in [-0.2, -0.15) is 27.0 Å². The number of hydrogen-bond donors (Lipinski definition) is 2. The standard InChI is InChI=1S/C38H37ClF3N9O7S/c1-22-32-30(37(58-22)11-14-48(15-12-37)35(55)31-28(52)4-3-13-43-31)34(54)51-36(50(32)21-29(53)44-27-10-7-24(20-26(27)39)38(40,41)42)45-33(46-51)23-5-8-25(9-6-23)59(56,57)49-18-16-47(2)17-19-49/h3-10,13,20,22,52H,11-12,14-19,21H2,1-2H3,(H,44,53)/t22-/m1/s1. The number of nitrogens with one attached hydrogen (secondary N) is 1. The number of piperidine rings is 1. The highest BCUT2D eigenvalue weighted by Crippen LogP contribution is 2.48. The molecule has 8 rings (SSSR count). The van der Waals surface area contributed by atoms with Crippen LogP contribution in [-0.4, -0.2) is 110 Å². The maximum atomic E-state index is 14.6. The van der Waals surface area contributed by atoms with Crippen LogP contribution < -0.4 is 10.9 Å². The van der Waals surface area contributed by atoms with Crippen LogP contribution in [0.3, 0.4) is 0 Å². The van der Waals surface area contributed by atoms with E-state index in [9.17, 15) is 41.1 Å². The first-order chi connectivity index (χ1) is 28.0. The molecule has 0 saturated carbocycles. The predicted molar refractivity (Wildman–Crippen MR) is 206 cm³/mol. The Hall–Kier alpha value is -5.41. The Morgan fingerprint density at radius 3 is 2.37 bits per heavy atom. The summed E-state index contributed by atoms with van der Waals surface area (Å²) in [6.45, 7) is 3.32. The number of anilines is 1. The number of hydrogen-bond acceptors (Lipinski definition) is 11. The van der Waals surface area contributed by atoms with Crippen molar-refractivity contribution in [2.45, 2.75) is 49.1 Å². The number of likely N-dealkylation sites (tertiary alicyclic amines) is 1. The Kier molecular flexibility index (Phi) is 10.3. The molecular formula is C38H37ClF3N9O7S. The largest absolute Gasteiger partial charge is 0.505 e. The van der Waals surface area contributed by atoms with Gasteiger partial charge in [-0.3, -0.25) is 14.4 Å². The molecule has 16 nitrogen and oxygen atoms in total. The van der Waals surface area contributed by atoms with Crippen molar-refractivity contribution in [2.24, 2.45) is 0 Å². The molecule has 21 heteroatoms. The number of halogens is 4. The number of piperazine rings is 1. The van der Waals surface area contributed by atoms with Crippen molar-refractivity contribution < 1.29 is 41.0 Å². The Labute approximate surface area is 339 Å².